The molecule has 0 aromatic heterocycles. The Balaban J connectivity index is -0.0000000222. The van der Waals surface area contributed by atoms with E-state index in [2.05, 4.69) is 6.92 Å². The van der Waals surface area contributed by atoms with Crippen LogP contribution in [-0.2, 0) is 32.7 Å². The van der Waals surface area contributed by atoms with Crippen LogP contribution in [0.3, 0.4) is 0 Å². The zero-order valence-corrected chi connectivity index (χ0v) is 10.1. The standard InChI is InChI=1S/C6H8.C2H6.CH4.CH3.Y/c1-3-5-6-4-2;1-2;;;/h1,3,5-6H,2,4H2;1-2H3;1H4;1H3;/q-2;;;-1;+3. The van der Waals surface area contributed by atoms with Crippen LogP contribution in [0.1, 0.15) is 27.7 Å². The fraction of sp³-hybridized carbons (Fsp3) is 0.400. The van der Waals surface area contributed by atoms with Gasteiger partial charge in [0.2, 0.25) is 0 Å². The normalized spacial score (nSPS) is 5.73. The maximum absolute atomic E-state index is 4.97. The van der Waals surface area contributed by atoms with Gasteiger partial charge in [0.15, 0.2) is 0 Å². The van der Waals surface area contributed by atoms with Gasteiger partial charge in [0, 0.05) is 0 Å². The minimum absolute atomic E-state index is 0. The molecule has 0 amide bonds. The molecule has 0 heterocycles. The predicted octanol–water partition coefficient (Wildman–Crippen LogP) is 3.87. The molecule has 0 fully saturated rings. The fourth-order valence-electron chi connectivity index (χ4n) is 0.175. The van der Waals surface area contributed by atoms with E-state index in [1.165, 1.54) is 6.08 Å². The predicted molar refractivity (Wildman–Crippen MR) is 52.5 cm³/mol. The van der Waals surface area contributed by atoms with Crippen LogP contribution in [0.4, 0.5) is 0 Å². The average molecular weight is 230 g/mol. The van der Waals surface area contributed by atoms with E-state index < -0.39 is 0 Å². The van der Waals surface area contributed by atoms with E-state index in [1.54, 1.807) is 6.08 Å². The van der Waals surface area contributed by atoms with E-state index in [-0.39, 0.29) is 47.6 Å². The van der Waals surface area contributed by atoms with Gasteiger partial charge in [-0.3, -0.25) is 6.58 Å². The van der Waals surface area contributed by atoms with Gasteiger partial charge in [0.1, 0.15) is 0 Å². The number of hydrogen-bond acceptors (Lipinski definition) is 0. The Kier molecular flexibility index (Phi) is 126. The second kappa shape index (κ2) is 46.3. The molecular formula is C10H21Y. The van der Waals surface area contributed by atoms with Crippen molar-refractivity contribution in [1.29, 1.82) is 0 Å². The van der Waals surface area contributed by atoms with Crippen molar-refractivity contribution in [2.24, 2.45) is 0 Å². The third-order valence-corrected chi connectivity index (χ3v) is 0.414. The molecule has 0 atom stereocenters. The first-order valence-electron chi connectivity index (χ1n) is 2.91. The van der Waals surface area contributed by atoms with Crippen molar-refractivity contribution in [3.8, 4) is 0 Å². The summed E-state index contributed by atoms with van der Waals surface area (Å²) in [5, 5.41) is 0. The van der Waals surface area contributed by atoms with Crippen LogP contribution in [-0.4, -0.2) is 0 Å². The zero-order chi connectivity index (χ0) is 6.83. The van der Waals surface area contributed by atoms with Gasteiger partial charge >= 0.3 is 32.7 Å². The molecule has 0 aliphatic carbocycles. The molecule has 11 heavy (non-hydrogen) atoms. The van der Waals surface area contributed by atoms with E-state index in [0.29, 0.717) is 0 Å². The molecule has 0 bridgehead atoms. The first kappa shape index (κ1) is 29.9. The molecule has 0 spiro atoms. The van der Waals surface area contributed by atoms with Gasteiger partial charge < -0.3 is 14.4 Å². The summed E-state index contributed by atoms with van der Waals surface area (Å²) in [6, 6.07) is 0. The molecule has 64 valence electrons. The molecule has 0 aromatic rings. The number of hydrogen-bond donors (Lipinski definition) is 0. The summed E-state index contributed by atoms with van der Waals surface area (Å²) in [6.07, 6.45) is 5.96. The van der Waals surface area contributed by atoms with E-state index in [4.69, 9.17) is 6.58 Å². The SMILES string of the molecule is C.CC.[CH-]=CC=CC[CH2-].[CH3-].[Y+3]. The van der Waals surface area contributed by atoms with Crippen molar-refractivity contribution < 1.29 is 32.7 Å². The van der Waals surface area contributed by atoms with Crippen LogP contribution < -0.4 is 0 Å². The summed E-state index contributed by atoms with van der Waals surface area (Å²) >= 11 is 0. The maximum Gasteiger partial charge on any atom is 3.00 e. The largest absolute Gasteiger partial charge is 3.00 e. The first-order valence-corrected chi connectivity index (χ1v) is 2.91. The van der Waals surface area contributed by atoms with Crippen LogP contribution >= 0.6 is 0 Å². The van der Waals surface area contributed by atoms with Gasteiger partial charge in [0.05, 0.1) is 0 Å². The Morgan fingerprint density at radius 3 is 1.82 bits per heavy atom. The second-order valence-corrected chi connectivity index (χ2v) is 0.909. The van der Waals surface area contributed by atoms with Crippen LogP contribution in [0.5, 0.6) is 0 Å². The second-order valence-electron chi connectivity index (χ2n) is 0.909. The molecule has 0 N–H and O–H groups in total. The molecule has 0 radical (unpaired) electrons. The summed E-state index contributed by atoms with van der Waals surface area (Å²) in [7, 11) is 0. The molecule has 0 aromatic carbocycles. The molecule has 1 heteroatoms. The number of allylic oxidation sites excluding steroid dienone is 3. The third kappa shape index (κ3) is 60.7. The fourth-order valence-corrected chi connectivity index (χ4v) is 0.175. The zero-order valence-electron chi connectivity index (χ0n) is 7.30. The van der Waals surface area contributed by atoms with E-state index in [9.17, 15) is 0 Å². The molecule has 0 saturated carbocycles. The summed E-state index contributed by atoms with van der Waals surface area (Å²) in [5.41, 5.74) is 0. The van der Waals surface area contributed by atoms with Gasteiger partial charge in [-0.25, -0.2) is 12.2 Å². The molecule has 0 saturated heterocycles. The molecule has 0 nitrogen and oxygen atoms in total. The Labute approximate surface area is 99.0 Å². The summed E-state index contributed by atoms with van der Waals surface area (Å²) in [5.74, 6) is 0. The smallest absolute Gasteiger partial charge is 0.358 e. The van der Waals surface area contributed by atoms with Gasteiger partial charge in [-0.2, -0.15) is 12.5 Å². The topological polar surface area (TPSA) is 0 Å². The van der Waals surface area contributed by atoms with E-state index in [0.717, 1.165) is 6.42 Å². The van der Waals surface area contributed by atoms with Crippen molar-refractivity contribution in [1.82, 2.24) is 0 Å². The van der Waals surface area contributed by atoms with Crippen molar-refractivity contribution >= 4 is 0 Å². The number of rotatable bonds is 2. The summed E-state index contributed by atoms with van der Waals surface area (Å²) in [4.78, 5) is 0. The minimum Gasteiger partial charge on any atom is -0.358 e. The van der Waals surface area contributed by atoms with Crippen molar-refractivity contribution in [2.75, 3.05) is 0 Å². The summed E-state index contributed by atoms with van der Waals surface area (Å²) in [6.45, 7) is 12.5. The van der Waals surface area contributed by atoms with E-state index >= 15 is 0 Å². The average Bonchev–Trinajstić information content (AvgIpc) is 1.88. The monoisotopic (exact) mass is 230 g/mol. The molecule has 0 rings (SSSR count). The van der Waals surface area contributed by atoms with Crippen LogP contribution in [0, 0.1) is 20.9 Å². The quantitative estimate of drug-likeness (QED) is 0.499. The molecule has 0 aliphatic heterocycles. The van der Waals surface area contributed by atoms with Gasteiger partial charge in [-0.1, -0.05) is 21.3 Å². The Morgan fingerprint density at radius 1 is 1.36 bits per heavy atom. The first-order chi connectivity index (χ1) is 3.91. The molecule has 0 unspecified atom stereocenters. The molecule has 0 aliphatic rings. The van der Waals surface area contributed by atoms with Crippen LogP contribution in [0.2, 0.25) is 0 Å². The third-order valence-electron chi connectivity index (χ3n) is 0.414. The summed E-state index contributed by atoms with van der Waals surface area (Å²) < 4.78 is 0. The Hall–Kier alpha value is 0.584. The van der Waals surface area contributed by atoms with Gasteiger partial charge in [-0.05, 0) is 0 Å². The van der Waals surface area contributed by atoms with Crippen molar-refractivity contribution in [2.45, 2.75) is 27.7 Å². The van der Waals surface area contributed by atoms with Crippen molar-refractivity contribution in [3.05, 3.63) is 39.2 Å². The Morgan fingerprint density at radius 2 is 1.73 bits per heavy atom. The minimum atomic E-state index is 0. The van der Waals surface area contributed by atoms with Crippen molar-refractivity contribution in [3.63, 3.8) is 0 Å². The van der Waals surface area contributed by atoms with Crippen LogP contribution in [0.25, 0.3) is 0 Å². The van der Waals surface area contributed by atoms with E-state index in [1.807, 2.05) is 19.9 Å². The van der Waals surface area contributed by atoms with Crippen LogP contribution in [0.15, 0.2) is 18.2 Å². The Bertz CT molecular complexity index is 55.9. The van der Waals surface area contributed by atoms with Gasteiger partial charge in [-0.15, -0.1) is 0 Å². The molecular weight excluding hydrogens is 209 g/mol. The maximum atomic E-state index is 4.97. The van der Waals surface area contributed by atoms with Gasteiger partial charge in [0.25, 0.3) is 0 Å².